The number of anilines is 1. The zero-order valence-electron chi connectivity index (χ0n) is 11.7. The van der Waals surface area contributed by atoms with E-state index < -0.39 is 0 Å². The molecule has 2 aromatic rings. The Kier molecular flexibility index (Phi) is 3.88. The van der Waals surface area contributed by atoms with Crippen LogP contribution in [0.1, 0.15) is 22.0 Å². The Hall–Kier alpha value is -2.57. The third-order valence-corrected chi connectivity index (χ3v) is 2.85. The zero-order chi connectivity index (χ0) is 14.7. The number of hydrogen-bond acceptors (Lipinski definition) is 5. The van der Waals surface area contributed by atoms with Crippen LogP contribution in [0.3, 0.4) is 0 Å². The van der Waals surface area contributed by atoms with Crippen molar-refractivity contribution in [3.05, 3.63) is 35.4 Å². The van der Waals surface area contributed by atoms with Crippen molar-refractivity contribution in [2.45, 2.75) is 13.5 Å². The number of hydrogen-bond donors (Lipinski definition) is 2. The minimum atomic E-state index is -0.198. The molecule has 2 rings (SSSR count). The fraction of sp³-hybridized carbons (Fsp3) is 0.308. The number of carbonyl (C=O) groups is 1. The van der Waals surface area contributed by atoms with Crippen LogP contribution in [-0.2, 0) is 6.54 Å². The molecule has 0 fully saturated rings. The summed E-state index contributed by atoms with van der Waals surface area (Å²) in [5.74, 6) is 1.45. The molecule has 0 saturated carbocycles. The predicted octanol–water partition coefficient (Wildman–Crippen LogP) is 0.976. The summed E-state index contributed by atoms with van der Waals surface area (Å²) in [5.41, 5.74) is 6.65. The standard InChI is InChI=1S/C13H17N5O2/c1-8-15-11(17-16-8)7-18(2)13(19)9-5-4-6-10(14)12(9)20-3/h4-6H,7,14H2,1-3H3,(H,15,16,17). The molecule has 0 aliphatic rings. The largest absolute Gasteiger partial charge is 0.494 e. The van der Waals surface area contributed by atoms with Crippen molar-refractivity contribution in [1.82, 2.24) is 20.1 Å². The van der Waals surface area contributed by atoms with Crippen LogP contribution in [0.2, 0.25) is 0 Å². The monoisotopic (exact) mass is 275 g/mol. The number of para-hydroxylation sites is 1. The first kappa shape index (κ1) is 13.9. The Morgan fingerprint density at radius 3 is 2.85 bits per heavy atom. The van der Waals surface area contributed by atoms with Crippen LogP contribution in [0, 0.1) is 6.92 Å². The van der Waals surface area contributed by atoms with Crippen molar-refractivity contribution in [1.29, 1.82) is 0 Å². The molecular formula is C13H17N5O2. The number of ether oxygens (including phenoxy) is 1. The van der Waals surface area contributed by atoms with Gasteiger partial charge >= 0.3 is 0 Å². The van der Waals surface area contributed by atoms with Gasteiger partial charge in [-0.25, -0.2) is 4.98 Å². The van der Waals surface area contributed by atoms with Gasteiger partial charge in [0.1, 0.15) is 5.82 Å². The van der Waals surface area contributed by atoms with E-state index in [4.69, 9.17) is 10.5 Å². The highest BCUT2D eigenvalue weighted by atomic mass is 16.5. The molecular weight excluding hydrogens is 258 g/mol. The summed E-state index contributed by atoms with van der Waals surface area (Å²) in [5, 5.41) is 6.75. The quantitative estimate of drug-likeness (QED) is 0.810. The summed E-state index contributed by atoms with van der Waals surface area (Å²) in [6, 6.07) is 5.08. The van der Waals surface area contributed by atoms with Gasteiger partial charge in [0.05, 0.1) is 24.9 Å². The summed E-state index contributed by atoms with van der Waals surface area (Å²) < 4.78 is 5.19. The molecule has 7 nitrogen and oxygen atoms in total. The fourth-order valence-corrected chi connectivity index (χ4v) is 1.90. The lowest BCUT2D eigenvalue weighted by Gasteiger charge is -2.17. The van der Waals surface area contributed by atoms with Gasteiger partial charge in [-0.3, -0.25) is 9.89 Å². The van der Waals surface area contributed by atoms with Crippen molar-refractivity contribution < 1.29 is 9.53 Å². The van der Waals surface area contributed by atoms with Crippen LogP contribution in [0.5, 0.6) is 5.75 Å². The molecule has 0 bridgehead atoms. The first-order valence-electron chi connectivity index (χ1n) is 6.08. The molecule has 3 N–H and O–H groups in total. The predicted molar refractivity (Wildman–Crippen MR) is 74.3 cm³/mol. The molecule has 1 heterocycles. The SMILES string of the molecule is COc1c(N)cccc1C(=O)N(C)Cc1n[nH]c(C)n1. The number of aromatic amines is 1. The van der Waals surface area contributed by atoms with Crippen molar-refractivity contribution >= 4 is 11.6 Å². The molecule has 0 saturated heterocycles. The van der Waals surface area contributed by atoms with E-state index in [1.807, 2.05) is 0 Å². The van der Waals surface area contributed by atoms with Crippen LogP contribution in [0.4, 0.5) is 5.69 Å². The van der Waals surface area contributed by atoms with E-state index in [-0.39, 0.29) is 5.91 Å². The third-order valence-electron chi connectivity index (χ3n) is 2.85. The van der Waals surface area contributed by atoms with E-state index in [1.165, 1.54) is 12.0 Å². The number of methoxy groups -OCH3 is 1. The second-order valence-electron chi connectivity index (χ2n) is 4.43. The van der Waals surface area contributed by atoms with E-state index >= 15 is 0 Å². The van der Waals surface area contributed by atoms with Crippen molar-refractivity contribution in [2.75, 3.05) is 19.9 Å². The van der Waals surface area contributed by atoms with E-state index in [0.717, 1.165) is 0 Å². The molecule has 0 aliphatic carbocycles. The second-order valence-corrected chi connectivity index (χ2v) is 4.43. The Bertz CT molecular complexity index is 623. The first-order chi connectivity index (χ1) is 9.52. The highest BCUT2D eigenvalue weighted by Crippen LogP contribution is 2.26. The van der Waals surface area contributed by atoms with E-state index in [0.29, 0.717) is 35.2 Å². The molecule has 7 heteroatoms. The number of rotatable bonds is 4. The number of nitrogen functional groups attached to an aromatic ring is 1. The number of nitrogens with zero attached hydrogens (tertiary/aromatic N) is 3. The van der Waals surface area contributed by atoms with Gasteiger partial charge < -0.3 is 15.4 Å². The highest BCUT2D eigenvalue weighted by molar-refractivity contribution is 5.98. The molecule has 0 aliphatic heterocycles. The zero-order valence-corrected chi connectivity index (χ0v) is 11.7. The maximum Gasteiger partial charge on any atom is 0.257 e. The molecule has 1 aromatic carbocycles. The normalized spacial score (nSPS) is 10.3. The van der Waals surface area contributed by atoms with Gasteiger partial charge in [0.15, 0.2) is 11.6 Å². The van der Waals surface area contributed by atoms with Gasteiger partial charge in [0.2, 0.25) is 0 Å². The number of nitrogens with two attached hydrogens (primary N) is 1. The average molecular weight is 275 g/mol. The van der Waals surface area contributed by atoms with Gasteiger partial charge in [-0.1, -0.05) is 6.07 Å². The van der Waals surface area contributed by atoms with Gasteiger partial charge in [-0.15, -0.1) is 0 Å². The minimum Gasteiger partial charge on any atom is -0.494 e. The topological polar surface area (TPSA) is 97.1 Å². The lowest BCUT2D eigenvalue weighted by molar-refractivity contribution is 0.0778. The first-order valence-corrected chi connectivity index (χ1v) is 6.08. The lowest BCUT2D eigenvalue weighted by atomic mass is 10.1. The maximum absolute atomic E-state index is 12.4. The van der Waals surface area contributed by atoms with Crippen LogP contribution < -0.4 is 10.5 Å². The van der Waals surface area contributed by atoms with Gasteiger partial charge in [0.25, 0.3) is 5.91 Å². The molecule has 0 unspecified atom stereocenters. The minimum absolute atomic E-state index is 0.198. The van der Waals surface area contributed by atoms with Crippen LogP contribution >= 0.6 is 0 Å². The lowest BCUT2D eigenvalue weighted by Crippen LogP contribution is -2.27. The average Bonchev–Trinajstić information content (AvgIpc) is 2.82. The molecule has 0 radical (unpaired) electrons. The number of H-pyrrole nitrogens is 1. The molecule has 1 aromatic heterocycles. The van der Waals surface area contributed by atoms with E-state index in [2.05, 4.69) is 15.2 Å². The fourth-order valence-electron chi connectivity index (χ4n) is 1.90. The van der Waals surface area contributed by atoms with Crippen LogP contribution in [0.15, 0.2) is 18.2 Å². The van der Waals surface area contributed by atoms with Gasteiger partial charge in [-0.2, -0.15) is 5.10 Å². The van der Waals surface area contributed by atoms with Crippen LogP contribution in [-0.4, -0.2) is 40.1 Å². The van der Waals surface area contributed by atoms with E-state index in [1.54, 1.807) is 32.2 Å². The van der Waals surface area contributed by atoms with Crippen LogP contribution in [0.25, 0.3) is 0 Å². The molecule has 0 atom stereocenters. The summed E-state index contributed by atoms with van der Waals surface area (Å²) in [4.78, 5) is 18.1. The van der Waals surface area contributed by atoms with Crippen molar-refractivity contribution in [3.63, 3.8) is 0 Å². The Morgan fingerprint density at radius 2 is 2.25 bits per heavy atom. The van der Waals surface area contributed by atoms with Crippen molar-refractivity contribution in [3.8, 4) is 5.75 Å². The number of amides is 1. The number of aromatic nitrogens is 3. The van der Waals surface area contributed by atoms with Gasteiger partial charge in [0, 0.05) is 7.05 Å². The number of nitrogens with one attached hydrogen (secondary N) is 1. The highest BCUT2D eigenvalue weighted by Gasteiger charge is 2.19. The summed E-state index contributed by atoms with van der Waals surface area (Å²) in [6.07, 6.45) is 0. The van der Waals surface area contributed by atoms with Crippen molar-refractivity contribution in [2.24, 2.45) is 0 Å². The summed E-state index contributed by atoms with van der Waals surface area (Å²) >= 11 is 0. The Balaban J connectivity index is 2.20. The molecule has 20 heavy (non-hydrogen) atoms. The van der Waals surface area contributed by atoms with E-state index in [9.17, 15) is 4.79 Å². The smallest absolute Gasteiger partial charge is 0.257 e. The van der Waals surface area contributed by atoms with Gasteiger partial charge in [-0.05, 0) is 19.1 Å². The second kappa shape index (κ2) is 5.60. The third kappa shape index (κ3) is 2.71. The number of benzene rings is 1. The summed E-state index contributed by atoms with van der Waals surface area (Å²) in [7, 11) is 3.16. The maximum atomic E-state index is 12.4. The Morgan fingerprint density at radius 1 is 1.50 bits per heavy atom. The number of carbonyl (C=O) groups excluding carboxylic acids is 1. The molecule has 1 amide bonds. The molecule has 106 valence electrons. The molecule has 0 spiro atoms. The Labute approximate surface area is 116 Å². The summed E-state index contributed by atoms with van der Waals surface area (Å²) in [6.45, 7) is 2.11. The number of aryl methyl sites for hydroxylation is 1.